The number of nitrogens with one attached hydrogen (secondary N) is 1. The van der Waals surface area contributed by atoms with E-state index in [1.54, 1.807) is 11.3 Å². The SMILES string of the molecule is Cc1ccc(C(C)Nc2ccc3nc(C)sc3c2)o1. The summed E-state index contributed by atoms with van der Waals surface area (Å²) in [5, 5.41) is 4.56. The highest BCUT2D eigenvalue weighted by atomic mass is 32.1. The molecule has 2 aromatic heterocycles. The fourth-order valence-electron chi connectivity index (χ4n) is 2.14. The third-order valence-electron chi connectivity index (χ3n) is 3.07. The van der Waals surface area contributed by atoms with Crippen LogP contribution in [0.3, 0.4) is 0 Å². The van der Waals surface area contributed by atoms with Crippen molar-refractivity contribution >= 4 is 27.2 Å². The van der Waals surface area contributed by atoms with Crippen LogP contribution in [0.4, 0.5) is 5.69 Å². The monoisotopic (exact) mass is 272 g/mol. The molecule has 1 atom stereocenters. The molecule has 1 unspecified atom stereocenters. The van der Waals surface area contributed by atoms with Gasteiger partial charge in [0, 0.05) is 5.69 Å². The van der Waals surface area contributed by atoms with Crippen molar-refractivity contribution < 1.29 is 4.42 Å². The Kier molecular flexibility index (Phi) is 3.03. The molecule has 19 heavy (non-hydrogen) atoms. The molecule has 3 rings (SSSR count). The van der Waals surface area contributed by atoms with Gasteiger partial charge in [0.1, 0.15) is 11.5 Å². The van der Waals surface area contributed by atoms with Crippen LogP contribution in [0.15, 0.2) is 34.7 Å². The molecule has 1 N–H and O–H groups in total. The van der Waals surface area contributed by atoms with Gasteiger partial charge in [-0.15, -0.1) is 11.3 Å². The molecule has 0 aliphatic carbocycles. The van der Waals surface area contributed by atoms with Crippen molar-refractivity contribution in [2.75, 3.05) is 5.32 Å². The van der Waals surface area contributed by atoms with Gasteiger partial charge in [-0.1, -0.05) is 0 Å². The van der Waals surface area contributed by atoms with Gasteiger partial charge in [0.05, 0.1) is 21.3 Å². The number of nitrogens with zero attached hydrogens (tertiary/aromatic N) is 1. The van der Waals surface area contributed by atoms with E-state index in [0.717, 1.165) is 27.7 Å². The van der Waals surface area contributed by atoms with Gasteiger partial charge in [-0.25, -0.2) is 4.98 Å². The number of aryl methyl sites for hydroxylation is 2. The summed E-state index contributed by atoms with van der Waals surface area (Å²) in [5.74, 6) is 1.90. The van der Waals surface area contributed by atoms with Gasteiger partial charge >= 0.3 is 0 Å². The second-order valence-electron chi connectivity index (χ2n) is 4.73. The Hall–Kier alpha value is -1.81. The van der Waals surface area contributed by atoms with Crippen molar-refractivity contribution in [2.24, 2.45) is 0 Å². The summed E-state index contributed by atoms with van der Waals surface area (Å²) in [6.45, 7) is 6.09. The van der Waals surface area contributed by atoms with Crippen molar-refractivity contribution in [1.29, 1.82) is 0 Å². The third kappa shape index (κ3) is 2.49. The standard InChI is InChI=1S/C15H16N2OS/c1-9-4-7-14(18-9)10(2)16-12-5-6-13-15(8-12)19-11(3)17-13/h4-8,10,16H,1-3H3. The molecule has 0 spiro atoms. The maximum atomic E-state index is 5.64. The zero-order chi connectivity index (χ0) is 13.4. The second kappa shape index (κ2) is 4.70. The summed E-state index contributed by atoms with van der Waals surface area (Å²) in [6, 6.07) is 10.4. The first-order chi connectivity index (χ1) is 9.11. The zero-order valence-corrected chi connectivity index (χ0v) is 12.0. The molecule has 2 heterocycles. The van der Waals surface area contributed by atoms with Gasteiger partial charge in [-0.05, 0) is 51.1 Å². The van der Waals surface area contributed by atoms with E-state index in [0.29, 0.717) is 0 Å². The minimum Gasteiger partial charge on any atom is -0.464 e. The highest BCUT2D eigenvalue weighted by molar-refractivity contribution is 7.18. The van der Waals surface area contributed by atoms with Gasteiger partial charge in [0.25, 0.3) is 0 Å². The predicted molar refractivity (Wildman–Crippen MR) is 79.8 cm³/mol. The molecule has 0 saturated carbocycles. The topological polar surface area (TPSA) is 38.1 Å². The maximum Gasteiger partial charge on any atom is 0.126 e. The predicted octanol–water partition coefficient (Wildman–Crippen LogP) is 4.68. The van der Waals surface area contributed by atoms with Gasteiger partial charge < -0.3 is 9.73 Å². The Morgan fingerprint density at radius 3 is 2.79 bits per heavy atom. The first-order valence-electron chi connectivity index (χ1n) is 6.32. The van der Waals surface area contributed by atoms with E-state index in [9.17, 15) is 0 Å². The molecule has 0 saturated heterocycles. The highest BCUT2D eigenvalue weighted by Crippen LogP contribution is 2.27. The minimum atomic E-state index is 0.153. The Labute approximate surface area is 116 Å². The molecule has 98 valence electrons. The number of anilines is 1. The molecule has 4 heteroatoms. The summed E-state index contributed by atoms with van der Waals surface area (Å²) < 4.78 is 6.85. The Bertz CT molecular complexity index is 714. The van der Waals surface area contributed by atoms with Crippen molar-refractivity contribution in [1.82, 2.24) is 4.98 Å². The quantitative estimate of drug-likeness (QED) is 0.752. The number of hydrogen-bond donors (Lipinski definition) is 1. The Morgan fingerprint density at radius 2 is 2.05 bits per heavy atom. The highest BCUT2D eigenvalue weighted by Gasteiger charge is 2.10. The van der Waals surface area contributed by atoms with Crippen LogP contribution < -0.4 is 5.32 Å². The molecule has 0 amide bonds. The van der Waals surface area contributed by atoms with Crippen LogP contribution in [0.25, 0.3) is 10.2 Å². The number of furan rings is 1. The fraction of sp³-hybridized carbons (Fsp3) is 0.267. The van der Waals surface area contributed by atoms with E-state index in [4.69, 9.17) is 4.42 Å². The first-order valence-corrected chi connectivity index (χ1v) is 7.13. The molecular formula is C15H16N2OS. The van der Waals surface area contributed by atoms with Crippen LogP contribution in [0.2, 0.25) is 0 Å². The zero-order valence-electron chi connectivity index (χ0n) is 11.2. The molecule has 3 nitrogen and oxygen atoms in total. The van der Waals surface area contributed by atoms with Crippen LogP contribution in [-0.4, -0.2) is 4.98 Å². The molecule has 0 bridgehead atoms. The number of thiazole rings is 1. The molecule has 3 aromatic rings. The largest absolute Gasteiger partial charge is 0.464 e. The number of aromatic nitrogens is 1. The normalized spacial score (nSPS) is 12.8. The average molecular weight is 272 g/mol. The van der Waals surface area contributed by atoms with E-state index in [-0.39, 0.29) is 6.04 Å². The summed E-state index contributed by atoms with van der Waals surface area (Å²) in [5.41, 5.74) is 2.16. The van der Waals surface area contributed by atoms with Gasteiger partial charge in [0.15, 0.2) is 0 Å². The lowest BCUT2D eigenvalue weighted by Crippen LogP contribution is -2.05. The van der Waals surface area contributed by atoms with Crippen molar-refractivity contribution in [2.45, 2.75) is 26.8 Å². The molecule has 0 fully saturated rings. The van der Waals surface area contributed by atoms with Gasteiger partial charge in [0.2, 0.25) is 0 Å². The number of benzene rings is 1. The van der Waals surface area contributed by atoms with Gasteiger partial charge in [-0.3, -0.25) is 0 Å². The van der Waals surface area contributed by atoms with E-state index >= 15 is 0 Å². The van der Waals surface area contributed by atoms with Crippen LogP contribution >= 0.6 is 11.3 Å². The van der Waals surface area contributed by atoms with E-state index < -0.39 is 0 Å². The lowest BCUT2D eigenvalue weighted by Gasteiger charge is -2.12. The fourth-order valence-corrected chi connectivity index (χ4v) is 3.00. The average Bonchev–Trinajstić information content (AvgIpc) is 2.93. The first kappa shape index (κ1) is 12.2. The van der Waals surface area contributed by atoms with E-state index in [1.165, 1.54) is 4.70 Å². The number of rotatable bonds is 3. The molecule has 0 radical (unpaired) electrons. The molecule has 0 aliphatic rings. The number of hydrogen-bond acceptors (Lipinski definition) is 4. The minimum absolute atomic E-state index is 0.153. The molecule has 1 aromatic carbocycles. The number of fused-ring (bicyclic) bond motifs is 1. The van der Waals surface area contributed by atoms with Crippen molar-refractivity contribution in [3.05, 3.63) is 46.9 Å². The smallest absolute Gasteiger partial charge is 0.126 e. The van der Waals surface area contributed by atoms with Gasteiger partial charge in [-0.2, -0.15) is 0 Å². The summed E-state index contributed by atoms with van der Waals surface area (Å²) in [4.78, 5) is 4.47. The lowest BCUT2D eigenvalue weighted by molar-refractivity contribution is 0.467. The third-order valence-corrected chi connectivity index (χ3v) is 4.00. The second-order valence-corrected chi connectivity index (χ2v) is 5.96. The Morgan fingerprint density at radius 1 is 1.21 bits per heavy atom. The molecule has 0 aliphatic heterocycles. The van der Waals surface area contributed by atoms with Crippen LogP contribution in [0.1, 0.15) is 29.5 Å². The Balaban J connectivity index is 1.84. The van der Waals surface area contributed by atoms with Crippen LogP contribution in [0.5, 0.6) is 0 Å². The van der Waals surface area contributed by atoms with Crippen LogP contribution in [0, 0.1) is 13.8 Å². The van der Waals surface area contributed by atoms with Crippen LogP contribution in [-0.2, 0) is 0 Å². The van der Waals surface area contributed by atoms with E-state index in [1.807, 2.05) is 26.0 Å². The molecular weight excluding hydrogens is 256 g/mol. The summed E-state index contributed by atoms with van der Waals surface area (Å²) in [6.07, 6.45) is 0. The van der Waals surface area contributed by atoms with Crippen molar-refractivity contribution in [3.63, 3.8) is 0 Å². The summed E-state index contributed by atoms with van der Waals surface area (Å²) >= 11 is 1.72. The van der Waals surface area contributed by atoms with E-state index in [2.05, 4.69) is 35.4 Å². The van der Waals surface area contributed by atoms with Crippen molar-refractivity contribution in [3.8, 4) is 0 Å². The lowest BCUT2D eigenvalue weighted by atomic mass is 10.2. The summed E-state index contributed by atoms with van der Waals surface area (Å²) in [7, 11) is 0. The maximum absolute atomic E-state index is 5.64.